The Kier molecular flexibility index (Phi) is 3.93. The monoisotopic (exact) mass is 272 g/mol. The van der Waals surface area contributed by atoms with Crippen LogP contribution in [0.1, 0.15) is 51.9 Å². The van der Waals surface area contributed by atoms with Crippen LogP contribution < -0.4 is 11.1 Å². The number of nitrogens with one attached hydrogen (secondary N) is 1. The van der Waals surface area contributed by atoms with Crippen molar-refractivity contribution in [2.45, 2.75) is 63.5 Å². The molecule has 4 heteroatoms. The molecule has 0 spiro atoms. The number of hydrogen-bond acceptors (Lipinski definition) is 2. The first-order valence-corrected chi connectivity index (χ1v) is 7.18. The van der Waals surface area contributed by atoms with Crippen LogP contribution in [0.3, 0.4) is 0 Å². The maximum Gasteiger partial charge on any atom is 0.237 e. The Morgan fingerprint density at radius 1 is 1.33 bits per heavy atom. The first-order valence-electron chi connectivity index (χ1n) is 7.18. The second-order valence-electron chi connectivity index (χ2n) is 6.56. The number of carbonyl (C=O) groups excluding carboxylic acids is 1. The summed E-state index contributed by atoms with van der Waals surface area (Å²) in [5, 5.41) is 3.33. The van der Waals surface area contributed by atoms with E-state index in [-0.39, 0.29) is 29.9 Å². The van der Waals surface area contributed by atoms with E-state index in [0.29, 0.717) is 0 Å². The van der Waals surface area contributed by atoms with E-state index in [1.54, 1.807) is 6.92 Å². The summed E-state index contributed by atoms with van der Waals surface area (Å²) in [4.78, 5) is 11.9. The number of halogens is 1. The van der Waals surface area contributed by atoms with Gasteiger partial charge in [-0.25, -0.2) is 0 Å². The lowest BCUT2D eigenvalue weighted by Gasteiger charge is -2.50. The van der Waals surface area contributed by atoms with Crippen molar-refractivity contribution in [1.29, 1.82) is 0 Å². The number of nitrogens with two attached hydrogens (primary N) is 1. The summed E-state index contributed by atoms with van der Waals surface area (Å²) in [6, 6.07) is -0.371. The van der Waals surface area contributed by atoms with Crippen LogP contribution in [0.4, 0.5) is 0 Å². The minimum atomic E-state index is -0.371. The van der Waals surface area contributed by atoms with E-state index in [9.17, 15) is 4.79 Å². The first kappa shape index (κ1) is 14.1. The smallest absolute Gasteiger partial charge is 0.237 e. The molecule has 0 aromatic rings. The molecule has 0 saturated heterocycles. The molecule has 0 aliphatic heterocycles. The van der Waals surface area contributed by atoms with Gasteiger partial charge >= 0.3 is 0 Å². The van der Waals surface area contributed by atoms with Gasteiger partial charge < -0.3 is 11.1 Å². The summed E-state index contributed by atoms with van der Waals surface area (Å²) in [6.07, 6.45) is 9.14. The Hall–Kier alpha value is -0.280. The van der Waals surface area contributed by atoms with Crippen molar-refractivity contribution in [2.24, 2.45) is 23.5 Å². The van der Waals surface area contributed by atoms with Gasteiger partial charge in [-0.15, -0.1) is 12.4 Å². The van der Waals surface area contributed by atoms with Gasteiger partial charge in [0.05, 0.1) is 6.04 Å². The van der Waals surface area contributed by atoms with Gasteiger partial charge in [-0.2, -0.15) is 0 Å². The molecule has 3 saturated carbocycles. The third-order valence-corrected chi connectivity index (χ3v) is 5.53. The molecular formula is C14H25ClN2O. The van der Waals surface area contributed by atoms with Gasteiger partial charge in [0.1, 0.15) is 0 Å². The summed E-state index contributed by atoms with van der Waals surface area (Å²) in [5.41, 5.74) is 5.82. The van der Waals surface area contributed by atoms with Crippen molar-refractivity contribution in [3.8, 4) is 0 Å². The van der Waals surface area contributed by atoms with Crippen LogP contribution in [0.25, 0.3) is 0 Å². The lowest BCUT2D eigenvalue weighted by Crippen LogP contribution is -2.60. The fourth-order valence-corrected chi connectivity index (χ4v) is 4.65. The van der Waals surface area contributed by atoms with E-state index in [4.69, 9.17) is 5.73 Å². The molecule has 5 atom stereocenters. The average molecular weight is 273 g/mol. The first-order chi connectivity index (χ1) is 8.11. The molecule has 0 aromatic heterocycles. The van der Waals surface area contributed by atoms with Crippen molar-refractivity contribution < 1.29 is 4.79 Å². The highest BCUT2D eigenvalue weighted by molar-refractivity contribution is 5.85. The summed E-state index contributed by atoms with van der Waals surface area (Å²) in [6.45, 7) is 1.78. The minimum Gasteiger partial charge on any atom is -0.349 e. The molecular weight excluding hydrogens is 248 g/mol. The maximum absolute atomic E-state index is 11.9. The molecule has 0 radical (unpaired) electrons. The van der Waals surface area contributed by atoms with Gasteiger partial charge in [0, 0.05) is 5.54 Å². The van der Waals surface area contributed by atoms with E-state index in [0.717, 1.165) is 17.8 Å². The van der Waals surface area contributed by atoms with Crippen LogP contribution in [-0.4, -0.2) is 17.5 Å². The van der Waals surface area contributed by atoms with Crippen LogP contribution >= 0.6 is 12.4 Å². The summed E-state index contributed by atoms with van der Waals surface area (Å²) in [7, 11) is 0. The standard InChI is InChI=1S/C14H24N2O.ClH/c1-9(15)13(17)16-14-6-2-3-11(8-14)10-4-5-12(14)7-10;/h9-12H,2-8,15H2,1H3,(H,16,17);1H. The summed E-state index contributed by atoms with van der Waals surface area (Å²) >= 11 is 0. The van der Waals surface area contributed by atoms with Crippen molar-refractivity contribution in [1.82, 2.24) is 5.32 Å². The van der Waals surface area contributed by atoms with E-state index in [1.807, 2.05) is 0 Å². The third kappa shape index (κ3) is 2.16. The molecule has 0 aromatic carbocycles. The van der Waals surface area contributed by atoms with E-state index < -0.39 is 0 Å². The quantitative estimate of drug-likeness (QED) is 0.810. The van der Waals surface area contributed by atoms with Crippen LogP contribution in [-0.2, 0) is 4.79 Å². The number of amides is 1. The van der Waals surface area contributed by atoms with Crippen molar-refractivity contribution in [3.05, 3.63) is 0 Å². The van der Waals surface area contributed by atoms with Gasteiger partial charge in [-0.3, -0.25) is 4.79 Å². The molecule has 3 nitrogen and oxygen atoms in total. The molecule has 18 heavy (non-hydrogen) atoms. The minimum absolute atomic E-state index is 0. The largest absolute Gasteiger partial charge is 0.349 e. The molecule has 1 amide bonds. The topological polar surface area (TPSA) is 55.1 Å². The van der Waals surface area contributed by atoms with Gasteiger partial charge in [0.2, 0.25) is 5.91 Å². The van der Waals surface area contributed by atoms with Crippen LogP contribution in [0, 0.1) is 17.8 Å². The molecule has 3 N–H and O–H groups in total. The Morgan fingerprint density at radius 3 is 2.83 bits per heavy atom. The van der Waals surface area contributed by atoms with Crippen LogP contribution in [0.15, 0.2) is 0 Å². The molecule has 104 valence electrons. The van der Waals surface area contributed by atoms with Gasteiger partial charge in [0.15, 0.2) is 0 Å². The highest BCUT2D eigenvalue weighted by atomic mass is 35.5. The van der Waals surface area contributed by atoms with Crippen LogP contribution in [0.2, 0.25) is 0 Å². The van der Waals surface area contributed by atoms with Crippen LogP contribution in [0.5, 0.6) is 0 Å². The summed E-state index contributed by atoms with van der Waals surface area (Å²) < 4.78 is 0. The van der Waals surface area contributed by atoms with Gasteiger partial charge in [-0.05, 0) is 56.8 Å². The number of rotatable bonds is 2. The normalized spacial score (nSPS) is 42.9. The number of hydrogen-bond donors (Lipinski definition) is 2. The van der Waals surface area contributed by atoms with Crippen molar-refractivity contribution in [3.63, 3.8) is 0 Å². The molecule has 5 unspecified atom stereocenters. The van der Waals surface area contributed by atoms with E-state index >= 15 is 0 Å². The van der Waals surface area contributed by atoms with Gasteiger partial charge in [0.25, 0.3) is 0 Å². The second-order valence-corrected chi connectivity index (χ2v) is 6.56. The zero-order valence-corrected chi connectivity index (χ0v) is 12.0. The average Bonchev–Trinajstić information content (AvgIpc) is 2.75. The molecule has 4 bridgehead atoms. The Balaban J connectivity index is 0.00000120. The predicted octanol–water partition coefficient (Wildman–Crippen LogP) is 2.23. The Labute approximate surface area is 116 Å². The SMILES string of the molecule is CC(N)C(=O)NC12CCCC(C1)C1CCC2C1.Cl. The second kappa shape index (κ2) is 5.01. The number of carbonyl (C=O) groups is 1. The maximum atomic E-state index is 11.9. The highest BCUT2D eigenvalue weighted by Crippen LogP contribution is 2.56. The summed E-state index contributed by atoms with van der Waals surface area (Å²) in [5.74, 6) is 2.61. The third-order valence-electron chi connectivity index (χ3n) is 5.53. The fourth-order valence-electron chi connectivity index (χ4n) is 4.65. The van der Waals surface area contributed by atoms with E-state index in [1.165, 1.54) is 44.9 Å². The zero-order valence-electron chi connectivity index (χ0n) is 11.2. The van der Waals surface area contributed by atoms with Crippen molar-refractivity contribution in [2.75, 3.05) is 0 Å². The molecule has 0 heterocycles. The molecule has 3 aliphatic carbocycles. The highest BCUT2D eigenvalue weighted by Gasteiger charge is 2.53. The molecule has 3 fully saturated rings. The lowest BCUT2D eigenvalue weighted by molar-refractivity contribution is -0.126. The zero-order chi connectivity index (χ0) is 12.0. The molecule has 3 rings (SSSR count). The number of fused-ring (bicyclic) bond motifs is 6. The molecule has 3 aliphatic rings. The van der Waals surface area contributed by atoms with Gasteiger partial charge in [-0.1, -0.05) is 12.8 Å². The fraction of sp³-hybridized carbons (Fsp3) is 0.929. The predicted molar refractivity (Wildman–Crippen MR) is 74.6 cm³/mol. The van der Waals surface area contributed by atoms with Crippen molar-refractivity contribution >= 4 is 18.3 Å². The Bertz CT molecular complexity index is 334. The lowest BCUT2D eigenvalue weighted by atomic mass is 9.61. The van der Waals surface area contributed by atoms with E-state index in [2.05, 4.69) is 5.32 Å². The Morgan fingerprint density at radius 2 is 2.11 bits per heavy atom.